The number of hydrogen-bond acceptors (Lipinski definition) is 3. The molecule has 4 aromatic heterocycles. The average Bonchev–Trinajstić information content (AvgIpc) is 3.67. The van der Waals surface area contributed by atoms with Crippen LogP contribution in [-0.2, 0) is 0 Å². The highest BCUT2D eigenvalue weighted by molar-refractivity contribution is 7.26. The first-order valence-corrected chi connectivity index (χ1v) is 13.8. The number of benzene rings is 4. The van der Waals surface area contributed by atoms with Gasteiger partial charge in [0.1, 0.15) is 0 Å². The van der Waals surface area contributed by atoms with Gasteiger partial charge in [0.25, 0.3) is 0 Å². The van der Waals surface area contributed by atoms with Gasteiger partial charge < -0.3 is 4.98 Å². The van der Waals surface area contributed by atoms with Crippen molar-refractivity contribution >= 4 is 86.8 Å². The minimum atomic E-state index is 1.20. The number of H-pyrrole nitrogens is 1. The van der Waals surface area contributed by atoms with Crippen LogP contribution in [0.3, 0.4) is 0 Å². The lowest BCUT2D eigenvalue weighted by molar-refractivity contribution is 1.56. The second-order valence-electron chi connectivity index (χ2n) is 8.68. The van der Waals surface area contributed by atoms with E-state index in [1.165, 1.54) is 73.6 Å². The normalized spacial score (nSPS) is 12.1. The third-order valence-electron chi connectivity index (χ3n) is 6.82. The molecule has 0 atom stereocenters. The minimum Gasteiger partial charge on any atom is -0.354 e. The number of thiophene rings is 3. The summed E-state index contributed by atoms with van der Waals surface area (Å²) in [6, 6.07) is 31.5. The molecule has 4 heterocycles. The average molecular weight is 488 g/mol. The van der Waals surface area contributed by atoms with Gasteiger partial charge in [-0.1, -0.05) is 60.7 Å². The Balaban J connectivity index is 1.38. The Morgan fingerprint density at radius 1 is 0.529 bits per heavy atom. The first-order valence-electron chi connectivity index (χ1n) is 11.2. The van der Waals surface area contributed by atoms with Crippen molar-refractivity contribution < 1.29 is 0 Å². The molecule has 0 saturated heterocycles. The van der Waals surface area contributed by atoms with Crippen LogP contribution in [0.4, 0.5) is 0 Å². The molecule has 0 bridgehead atoms. The zero-order valence-corrected chi connectivity index (χ0v) is 20.4. The summed E-state index contributed by atoms with van der Waals surface area (Å²) in [7, 11) is 0. The summed E-state index contributed by atoms with van der Waals surface area (Å²) in [6.07, 6.45) is 0. The Kier molecular flexibility index (Phi) is 3.91. The predicted octanol–water partition coefficient (Wildman–Crippen LogP) is 10.3. The molecule has 1 nitrogen and oxygen atoms in total. The predicted molar refractivity (Wildman–Crippen MR) is 153 cm³/mol. The van der Waals surface area contributed by atoms with Crippen LogP contribution in [0.25, 0.3) is 73.6 Å². The molecule has 160 valence electrons. The first kappa shape index (κ1) is 18.9. The summed E-state index contributed by atoms with van der Waals surface area (Å²) in [6.45, 7) is 0. The number of fused-ring (bicyclic) bond motifs is 9. The second kappa shape index (κ2) is 7.03. The van der Waals surface area contributed by atoms with E-state index in [4.69, 9.17) is 0 Å². The van der Waals surface area contributed by atoms with Crippen LogP contribution < -0.4 is 0 Å². The van der Waals surface area contributed by atoms with Crippen LogP contribution in [0, 0.1) is 0 Å². The Bertz CT molecular complexity index is 1850. The molecule has 34 heavy (non-hydrogen) atoms. The van der Waals surface area contributed by atoms with E-state index in [0.29, 0.717) is 0 Å². The second-order valence-corrected chi connectivity index (χ2v) is 11.6. The molecule has 0 unspecified atom stereocenters. The van der Waals surface area contributed by atoms with E-state index in [9.17, 15) is 0 Å². The lowest BCUT2D eigenvalue weighted by Crippen LogP contribution is -1.76. The van der Waals surface area contributed by atoms with Crippen molar-refractivity contribution in [3.63, 3.8) is 0 Å². The van der Waals surface area contributed by atoms with Gasteiger partial charge in [0, 0.05) is 57.0 Å². The van der Waals surface area contributed by atoms with Crippen LogP contribution in [0.5, 0.6) is 0 Å². The van der Waals surface area contributed by atoms with Crippen LogP contribution in [-0.4, -0.2) is 4.98 Å². The molecule has 0 amide bonds. The van der Waals surface area contributed by atoms with Gasteiger partial charge in [-0.05, 0) is 46.2 Å². The highest BCUT2D eigenvalue weighted by Crippen LogP contribution is 2.43. The monoisotopic (exact) mass is 487 g/mol. The van der Waals surface area contributed by atoms with Crippen LogP contribution in [0.15, 0.2) is 95.7 Å². The van der Waals surface area contributed by atoms with E-state index >= 15 is 0 Å². The fraction of sp³-hybridized carbons (Fsp3) is 0. The van der Waals surface area contributed by atoms with Gasteiger partial charge in [-0.25, -0.2) is 0 Å². The Morgan fingerprint density at radius 2 is 1.12 bits per heavy atom. The third-order valence-corrected chi connectivity index (χ3v) is 9.86. The molecule has 0 spiro atoms. The molecule has 0 radical (unpaired) electrons. The van der Waals surface area contributed by atoms with Gasteiger partial charge in [0.05, 0.1) is 5.52 Å². The van der Waals surface area contributed by atoms with Crippen LogP contribution >= 0.6 is 34.0 Å². The quantitative estimate of drug-likeness (QED) is 0.250. The Labute approximate surface area is 207 Å². The Hall–Kier alpha value is -3.44. The van der Waals surface area contributed by atoms with E-state index in [0.717, 1.165) is 0 Å². The molecular formula is C30H17NS3. The standard InChI is InChI=1S/C30H17NS3/c1-3-26(32-13-1)17-5-7-19-21-9-12-24-22(29(21)31-25(19)15-17)10-11-23-20-8-6-18(27-4-2-14-33-27)16-28(20)34-30(23)24/h1-16,31H. The van der Waals surface area contributed by atoms with Gasteiger partial charge in [-0.15, -0.1) is 34.0 Å². The molecule has 4 aromatic carbocycles. The summed E-state index contributed by atoms with van der Waals surface area (Å²) in [4.78, 5) is 6.39. The van der Waals surface area contributed by atoms with Crippen molar-refractivity contribution in [1.29, 1.82) is 0 Å². The molecule has 8 aromatic rings. The number of hydrogen-bond donors (Lipinski definition) is 1. The number of aromatic nitrogens is 1. The van der Waals surface area contributed by atoms with Gasteiger partial charge in [-0.3, -0.25) is 0 Å². The summed E-state index contributed by atoms with van der Waals surface area (Å²) < 4.78 is 2.72. The lowest BCUT2D eigenvalue weighted by Gasteiger charge is -2.02. The first-order chi connectivity index (χ1) is 16.8. The third kappa shape index (κ3) is 2.65. The van der Waals surface area contributed by atoms with Gasteiger partial charge >= 0.3 is 0 Å². The maximum Gasteiger partial charge on any atom is 0.0545 e. The van der Waals surface area contributed by atoms with Crippen molar-refractivity contribution in [2.45, 2.75) is 0 Å². The van der Waals surface area contributed by atoms with Crippen molar-refractivity contribution in [3.8, 4) is 20.9 Å². The zero-order valence-electron chi connectivity index (χ0n) is 18.0. The maximum absolute atomic E-state index is 3.76. The number of rotatable bonds is 2. The SMILES string of the molecule is c1csc(-c2ccc3c(c2)[nH]c2c3ccc3c2ccc2c4ccc(-c5cccs5)cc4sc23)c1. The molecular weight excluding hydrogens is 471 g/mol. The molecule has 4 heteroatoms. The number of nitrogens with one attached hydrogen (secondary N) is 1. The summed E-state index contributed by atoms with van der Waals surface area (Å²) in [5.41, 5.74) is 5.00. The van der Waals surface area contributed by atoms with Crippen molar-refractivity contribution in [3.05, 3.63) is 95.7 Å². The van der Waals surface area contributed by atoms with E-state index in [2.05, 4.69) is 101 Å². The van der Waals surface area contributed by atoms with E-state index in [-0.39, 0.29) is 0 Å². The summed E-state index contributed by atoms with van der Waals surface area (Å²) in [5, 5.41) is 12.2. The fourth-order valence-electron chi connectivity index (χ4n) is 5.21. The number of aromatic amines is 1. The van der Waals surface area contributed by atoms with Gasteiger partial charge in [0.2, 0.25) is 0 Å². The van der Waals surface area contributed by atoms with E-state index < -0.39 is 0 Å². The molecule has 0 aliphatic carbocycles. The molecule has 0 saturated carbocycles. The van der Waals surface area contributed by atoms with Crippen molar-refractivity contribution in [2.75, 3.05) is 0 Å². The van der Waals surface area contributed by atoms with E-state index in [1.54, 1.807) is 22.7 Å². The zero-order chi connectivity index (χ0) is 22.2. The van der Waals surface area contributed by atoms with Crippen molar-refractivity contribution in [1.82, 2.24) is 4.98 Å². The minimum absolute atomic E-state index is 1.20. The largest absolute Gasteiger partial charge is 0.354 e. The highest BCUT2D eigenvalue weighted by Gasteiger charge is 2.14. The lowest BCUT2D eigenvalue weighted by atomic mass is 10.0. The smallest absolute Gasteiger partial charge is 0.0545 e. The summed E-state index contributed by atoms with van der Waals surface area (Å²) >= 11 is 5.49. The van der Waals surface area contributed by atoms with E-state index in [1.807, 2.05) is 11.3 Å². The van der Waals surface area contributed by atoms with Crippen LogP contribution in [0.2, 0.25) is 0 Å². The molecule has 0 aliphatic rings. The maximum atomic E-state index is 3.76. The highest BCUT2D eigenvalue weighted by atomic mass is 32.1. The molecule has 0 fully saturated rings. The molecule has 0 aliphatic heterocycles. The Morgan fingerprint density at radius 3 is 1.82 bits per heavy atom. The van der Waals surface area contributed by atoms with Gasteiger partial charge in [0.15, 0.2) is 0 Å². The summed E-state index contributed by atoms with van der Waals surface area (Å²) in [5.74, 6) is 0. The van der Waals surface area contributed by atoms with Crippen LogP contribution in [0.1, 0.15) is 0 Å². The fourth-order valence-corrected chi connectivity index (χ4v) is 7.93. The van der Waals surface area contributed by atoms with Crippen molar-refractivity contribution in [2.24, 2.45) is 0 Å². The van der Waals surface area contributed by atoms with Gasteiger partial charge in [-0.2, -0.15) is 0 Å². The topological polar surface area (TPSA) is 15.8 Å². The molecule has 8 rings (SSSR count). The molecule has 1 N–H and O–H groups in total.